The van der Waals surface area contributed by atoms with Gasteiger partial charge < -0.3 is 10.8 Å². The van der Waals surface area contributed by atoms with Crippen LogP contribution < -0.4 is 5.73 Å². The predicted molar refractivity (Wildman–Crippen MR) is 72.2 cm³/mol. The van der Waals surface area contributed by atoms with E-state index in [1.165, 1.54) is 10.9 Å². The number of nitrogens with two attached hydrogens (primary N) is 1. The number of hydrogen-bond acceptors (Lipinski definition) is 4. The number of phenolic OH excluding ortho intramolecular Hbond substituents is 1. The largest absolute Gasteiger partial charge is 0.507 e. The Labute approximate surface area is 110 Å². The number of nitrogen functional groups attached to an aromatic ring is 1. The first-order valence-corrected chi connectivity index (χ1v) is 5.70. The molecule has 1 aromatic heterocycles. The first-order valence-electron chi connectivity index (χ1n) is 5.33. The number of aryl methyl sites for hydroxylation is 1. The lowest BCUT2D eigenvalue weighted by Crippen LogP contribution is -1.97. The summed E-state index contributed by atoms with van der Waals surface area (Å²) in [5, 5.41) is 14.5. The van der Waals surface area contributed by atoms with Gasteiger partial charge in [-0.05, 0) is 26.0 Å². The maximum atomic E-state index is 9.90. The van der Waals surface area contributed by atoms with E-state index in [2.05, 4.69) is 10.1 Å². The lowest BCUT2D eigenvalue weighted by Gasteiger charge is -2.04. The third kappa shape index (κ3) is 2.31. The molecule has 18 heavy (non-hydrogen) atoms. The van der Waals surface area contributed by atoms with Crippen molar-refractivity contribution in [2.75, 3.05) is 5.73 Å². The van der Waals surface area contributed by atoms with Crippen LogP contribution in [0.2, 0.25) is 5.02 Å². The van der Waals surface area contributed by atoms with Crippen LogP contribution in [-0.2, 0) is 0 Å². The van der Waals surface area contributed by atoms with Gasteiger partial charge in [-0.1, -0.05) is 11.6 Å². The standard InChI is InChI=1S/C12H13ClN4O/c1-7-6-17(12(14)16-7)15-5-9-3-4-10(13)8(2)11(9)18/h3-6,18H,1-2H3,(H2,14,16). The molecule has 0 saturated carbocycles. The minimum atomic E-state index is 0.113. The number of aromatic hydroxyl groups is 1. The average Bonchev–Trinajstić information content (AvgIpc) is 2.64. The summed E-state index contributed by atoms with van der Waals surface area (Å²) < 4.78 is 1.44. The molecule has 2 aromatic rings. The van der Waals surface area contributed by atoms with Crippen molar-refractivity contribution in [2.24, 2.45) is 5.10 Å². The van der Waals surface area contributed by atoms with Gasteiger partial charge >= 0.3 is 0 Å². The fraction of sp³-hybridized carbons (Fsp3) is 0.167. The number of phenols is 1. The Hall–Kier alpha value is -2.01. The molecule has 6 heteroatoms. The molecule has 0 aliphatic heterocycles. The molecule has 0 aliphatic rings. The topological polar surface area (TPSA) is 76.4 Å². The highest BCUT2D eigenvalue weighted by atomic mass is 35.5. The zero-order valence-corrected chi connectivity index (χ0v) is 10.8. The van der Waals surface area contributed by atoms with Crippen LogP contribution in [0.5, 0.6) is 5.75 Å². The lowest BCUT2D eigenvalue weighted by atomic mass is 10.1. The van der Waals surface area contributed by atoms with E-state index in [1.54, 1.807) is 25.3 Å². The van der Waals surface area contributed by atoms with E-state index in [-0.39, 0.29) is 5.75 Å². The molecule has 1 heterocycles. The van der Waals surface area contributed by atoms with Crippen molar-refractivity contribution in [3.63, 3.8) is 0 Å². The highest BCUT2D eigenvalue weighted by Gasteiger charge is 2.06. The van der Waals surface area contributed by atoms with Gasteiger partial charge in [0.1, 0.15) is 5.75 Å². The molecule has 94 valence electrons. The Morgan fingerprint density at radius 3 is 2.78 bits per heavy atom. The van der Waals surface area contributed by atoms with Crippen LogP contribution in [0.15, 0.2) is 23.4 Å². The Balaban J connectivity index is 2.35. The zero-order chi connectivity index (χ0) is 13.3. The third-order valence-electron chi connectivity index (χ3n) is 2.55. The Morgan fingerprint density at radius 2 is 2.17 bits per heavy atom. The summed E-state index contributed by atoms with van der Waals surface area (Å²) in [6.45, 7) is 3.57. The maximum Gasteiger partial charge on any atom is 0.221 e. The van der Waals surface area contributed by atoms with Crippen molar-refractivity contribution in [3.05, 3.63) is 40.2 Å². The number of nitrogens with zero attached hydrogens (tertiary/aromatic N) is 3. The van der Waals surface area contributed by atoms with Crippen LogP contribution in [-0.4, -0.2) is 21.0 Å². The van der Waals surface area contributed by atoms with Crippen LogP contribution in [0.3, 0.4) is 0 Å². The zero-order valence-electron chi connectivity index (χ0n) is 10.1. The van der Waals surface area contributed by atoms with Crippen LogP contribution in [0.4, 0.5) is 5.95 Å². The Morgan fingerprint density at radius 1 is 1.44 bits per heavy atom. The summed E-state index contributed by atoms with van der Waals surface area (Å²) in [7, 11) is 0. The van der Waals surface area contributed by atoms with Crippen molar-refractivity contribution < 1.29 is 5.11 Å². The summed E-state index contributed by atoms with van der Waals surface area (Å²) in [5.41, 5.74) is 7.62. The highest BCUT2D eigenvalue weighted by Crippen LogP contribution is 2.27. The van der Waals surface area contributed by atoms with Crippen molar-refractivity contribution in [1.29, 1.82) is 0 Å². The van der Waals surface area contributed by atoms with E-state index in [0.29, 0.717) is 22.1 Å². The molecule has 0 atom stereocenters. The fourth-order valence-electron chi connectivity index (χ4n) is 1.52. The maximum absolute atomic E-state index is 9.90. The molecule has 0 unspecified atom stereocenters. The van der Waals surface area contributed by atoms with Gasteiger partial charge in [-0.25, -0.2) is 9.66 Å². The van der Waals surface area contributed by atoms with Gasteiger partial charge in [0.15, 0.2) is 0 Å². The van der Waals surface area contributed by atoms with E-state index in [4.69, 9.17) is 17.3 Å². The monoisotopic (exact) mass is 264 g/mol. The van der Waals surface area contributed by atoms with Crippen molar-refractivity contribution in [1.82, 2.24) is 9.66 Å². The summed E-state index contributed by atoms with van der Waals surface area (Å²) in [6, 6.07) is 3.40. The van der Waals surface area contributed by atoms with E-state index in [9.17, 15) is 5.11 Å². The second-order valence-corrected chi connectivity index (χ2v) is 4.35. The number of rotatable bonds is 2. The third-order valence-corrected chi connectivity index (χ3v) is 2.96. The number of anilines is 1. The van der Waals surface area contributed by atoms with Crippen LogP contribution in [0.1, 0.15) is 16.8 Å². The highest BCUT2D eigenvalue weighted by molar-refractivity contribution is 6.31. The van der Waals surface area contributed by atoms with E-state index in [1.807, 2.05) is 6.92 Å². The van der Waals surface area contributed by atoms with Gasteiger partial charge in [0, 0.05) is 16.1 Å². The second kappa shape index (κ2) is 4.70. The first-order chi connectivity index (χ1) is 8.49. The Kier molecular flexibility index (Phi) is 3.25. The fourth-order valence-corrected chi connectivity index (χ4v) is 1.67. The van der Waals surface area contributed by atoms with Crippen molar-refractivity contribution in [3.8, 4) is 5.75 Å². The number of imidazole rings is 1. The molecule has 1 aromatic carbocycles. The minimum absolute atomic E-state index is 0.113. The molecule has 0 spiro atoms. The number of aromatic nitrogens is 2. The van der Waals surface area contributed by atoms with E-state index >= 15 is 0 Å². The van der Waals surface area contributed by atoms with Crippen molar-refractivity contribution in [2.45, 2.75) is 13.8 Å². The van der Waals surface area contributed by atoms with Gasteiger partial charge in [-0.3, -0.25) is 0 Å². The van der Waals surface area contributed by atoms with Gasteiger partial charge in [-0.15, -0.1) is 0 Å². The molecule has 0 fully saturated rings. The molecule has 0 bridgehead atoms. The van der Waals surface area contributed by atoms with Gasteiger partial charge in [0.25, 0.3) is 0 Å². The number of benzene rings is 1. The molecule has 0 radical (unpaired) electrons. The first kappa shape index (κ1) is 12.4. The van der Waals surface area contributed by atoms with Crippen LogP contribution >= 0.6 is 11.6 Å². The molecule has 0 saturated heterocycles. The molecular formula is C12H13ClN4O. The number of hydrogen-bond donors (Lipinski definition) is 2. The lowest BCUT2D eigenvalue weighted by molar-refractivity contribution is 0.470. The Bertz CT molecular complexity index is 619. The van der Waals surface area contributed by atoms with Crippen LogP contribution in [0, 0.1) is 13.8 Å². The molecular weight excluding hydrogens is 252 g/mol. The smallest absolute Gasteiger partial charge is 0.221 e. The van der Waals surface area contributed by atoms with Gasteiger partial charge in [0.05, 0.1) is 18.1 Å². The molecule has 3 N–H and O–H groups in total. The van der Waals surface area contributed by atoms with Gasteiger partial charge in [0.2, 0.25) is 5.95 Å². The summed E-state index contributed by atoms with van der Waals surface area (Å²) in [6.07, 6.45) is 3.21. The van der Waals surface area contributed by atoms with E-state index in [0.717, 1.165) is 5.69 Å². The summed E-state index contributed by atoms with van der Waals surface area (Å²) in [4.78, 5) is 4.02. The predicted octanol–water partition coefficient (Wildman–Crippen LogP) is 2.32. The quantitative estimate of drug-likeness (QED) is 0.818. The molecule has 0 aliphatic carbocycles. The van der Waals surface area contributed by atoms with E-state index < -0.39 is 0 Å². The molecule has 5 nitrogen and oxygen atoms in total. The average molecular weight is 265 g/mol. The van der Waals surface area contributed by atoms with Gasteiger partial charge in [-0.2, -0.15) is 5.10 Å². The van der Waals surface area contributed by atoms with Crippen LogP contribution in [0.25, 0.3) is 0 Å². The summed E-state index contributed by atoms with van der Waals surface area (Å²) in [5.74, 6) is 0.413. The van der Waals surface area contributed by atoms with Crippen molar-refractivity contribution >= 4 is 23.8 Å². The second-order valence-electron chi connectivity index (χ2n) is 3.94. The molecule has 0 amide bonds. The molecule has 2 rings (SSSR count). The minimum Gasteiger partial charge on any atom is -0.507 e. The number of halogens is 1. The normalized spacial score (nSPS) is 11.3. The SMILES string of the molecule is Cc1cn(N=Cc2ccc(Cl)c(C)c2O)c(N)n1. The summed E-state index contributed by atoms with van der Waals surface area (Å²) >= 11 is 5.89.